The summed E-state index contributed by atoms with van der Waals surface area (Å²) in [5.41, 5.74) is 3.89. The third kappa shape index (κ3) is 2.22. The monoisotopic (exact) mass is 282 g/mol. The fraction of sp³-hybridized carbons (Fsp3) is 0.438. The maximum Gasteiger partial charge on any atom is 0.140 e. The zero-order valence-corrected chi connectivity index (χ0v) is 12.3. The van der Waals surface area contributed by atoms with Gasteiger partial charge in [-0.25, -0.2) is 5.01 Å². The molecule has 2 heterocycles. The lowest BCUT2D eigenvalue weighted by molar-refractivity contribution is 0.133. The van der Waals surface area contributed by atoms with Gasteiger partial charge in [0.2, 0.25) is 0 Å². The predicted molar refractivity (Wildman–Crippen MR) is 81.6 cm³/mol. The number of amidine groups is 1. The van der Waals surface area contributed by atoms with E-state index in [1.54, 1.807) is 5.01 Å². The van der Waals surface area contributed by atoms with E-state index in [2.05, 4.69) is 11.2 Å². The van der Waals surface area contributed by atoms with Crippen molar-refractivity contribution in [3.63, 3.8) is 0 Å². The zero-order chi connectivity index (χ0) is 15.0. The number of hydrogen-bond donors (Lipinski definition) is 1. The van der Waals surface area contributed by atoms with Crippen molar-refractivity contribution in [3.05, 3.63) is 29.3 Å². The number of hydrogen-bond acceptors (Lipinski definition) is 4. The minimum absolute atomic E-state index is 0.0248. The summed E-state index contributed by atoms with van der Waals surface area (Å²) >= 11 is 0. The maximum atomic E-state index is 9.49. The molecular weight excluding hydrogens is 264 g/mol. The Kier molecular flexibility index (Phi) is 3.48. The number of benzene rings is 1. The van der Waals surface area contributed by atoms with E-state index >= 15 is 0 Å². The normalized spacial score (nSPS) is 25.1. The molecule has 3 rings (SSSR count). The van der Waals surface area contributed by atoms with Gasteiger partial charge in [0.25, 0.3) is 0 Å². The lowest BCUT2D eigenvalue weighted by Gasteiger charge is -2.37. The number of nitrogens with one attached hydrogen (secondary N) is 1. The molecule has 1 aromatic rings. The summed E-state index contributed by atoms with van der Waals surface area (Å²) in [6.45, 7) is 5.09. The van der Waals surface area contributed by atoms with Crippen LogP contribution in [0.1, 0.15) is 17.5 Å². The Bertz CT molecular complexity index is 638. The number of nitrogens with zero attached hydrogens (tertiary/aromatic N) is 3. The van der Waals surface area contributed by atoms with Gasteiger partial charge in [-0.05, 0) is 31.4 Å². The second-order valence-corrected chi connectivity index (χ2v) is 5.58. The second kappa shape index (κ2) is 5.30. The molecule has 1 aromatic carbocycles. The number of hydrazone groups is 1. The highest BCUT2D eigenvalue weighted by Crippen LogP contribution is 2.34. The fourth-order valence-electron chi connectivity index (χ4n) is 3.09. The van der Waals surface area contributed by atoms with E-state index in [9.17, 15) is 5.26 Å². The first-order chi connectivity index (χ1) is 10.1. The molecular formula is C16H18N4O. The molecule has 108 valence electrons. The van der Waals surface area contributed by atoms with Gasteiger partial charge in [-0.3, -0.25) is 5.41 Å². The average molecular weight is 282 g/mol. The lowest BCUT2D eigenvalue weighted by atomic mass is 9.83. The Morgan fingerprint density at radius 1 is 1.38 bits per heavy atom. The first-order valence-corrected chi connectivity index (χ1v) is 7.13. The third-order valence-electron chi connectivity index (χ3n) is 4.20. The Balaban J connectivity index is 2.10. The number of rotatable bonds is 1. The van der Waals surface area contributed by atoms with Gasteiger partial charge < -0.3 is 4.74 Å². The van der Waals surface area contributed by atoms with E-state index < -0.39 is 5.92 Å². The molecule has 0 spiro atoms. The van der Waals surface area contributed by atoms with Crippen LogP contribution in [0.5, 0.6) is 0 Å². The number of para-hydroxylation sites is 1. The van der Waals surface area contributed by atoms with Gasteiger partial charge in [0.05, 0.1) is 24.1 Å². The first kappa shape index (κ1) is 13.8. The van der Waals surface area contributed by atoms with Gasteiger partial charge in [-0.15, -0.1) is 0 Å². The van der Waals surface area contributed by atoms with E-state index in [1.165, 1.54) is 0 Å². The topological polar surface area (TPSA) is 72.5 Å². The molecule has 0 bridgehead atoms. The molecule has 2 aliphatic heterocycles. The number of ether oxygens (including phenoxy) is 1. The van der Waals surface area contributed by atoms with Gasteiger partial charge in [0.15, 0.2) is 0 Å². The Labute approximate surface area is 124 Å². The SMILES string of the molecule is Cc1cccc(C)c1N1N=C2COCCC2C(C#N)C1=N. The van der Waals surface area contributed by atoms with Crippen LogP contribution in [0.15, 0.2) is 23.3 Å². The molecule has 0 saturated carbocycles. The van der Waals surface area contributed by atoms with E-state index in [-0.39, 0.29) is 11.8 Å². The number of nitriles is 1. The first-order valence-electron chi connectivity index (χ1n) is 7.13. The smallest absolute Gasteiger partial charge is 0.140 e. The van der Waals surface area contributed by atoms with Crippen LogP contribution in [-0.2, 0) is 4.74 Å². The van der Waals surface area contributed by atoms with Crippen molar-refractivity contribution in [2.24, 2.45) is 16.9 Å². The molecule has 2 unspecified atom stereocenters. The van der Waals surface area contributed by atoms with Crippen molar-refractivity contribution in [1.82, 2.24) is 0 Å². The van der Waals surface area contributed by atoms with Crippen molar-refractivity contribution < 1.29 is 4.74 Å². The molecule has 21 heavy (non-hydrogen) atoms. The van der Waals surface area contributed by atoms with Crippen LogP contribution in [0.3, 0.4) is 0 Å². The van der Waals surface area contributed by atoms with Crippen LogP contribution >= 0.6 is 0 Å². The van der Waals surface area contributed by atoms with Crippen LogP contribution in [0.2, 0.25) is 0 Å². The number of aryl methyl sites for hydroxylation is 2. The van der Waals surface area contributed by atoms with Gasteiger partial charge in [-0.1, -0.05) is 18.2 Å². The number of anilines is 1. The molecule has 1 N–H and O–H groups in total. The van der Waals surface area contributed by atoms with Crippen molar-refractivity contribution in [2.75, 3.05) is 18.2 Å². The minimum Gasteiger partial charge on any atom is -0.375 e. The molecule has 0 amide bonds. The summed E-state index contributed by atoms with van der Waals surface area (Å²) in [7, 11) is 0. The maximum absolute atomic E-state index is 9.49. The average Bonchev–Trinajstić information content (AvgIpc) is 2.47. The third-order valence-corrected chi connectivity index (χ3v) is 4.20. The van der Waals surface area contributed by atoms with Crippen molar-refractivity contribution in [1.29, 1.82) is 10.7 Å². The zero-order valence-electron chi connectivity index (χ0n) is 12.3. The Hall–Kier alpha value is -2.19. The summed E-state index contributed by atoms with van der Waals surface area (Å²) < 4.78 is 5.47. The van der Waals surface area contributed by atoms with E-state index in [0.29, 0.717) is 13.2 Å². The largest absolute Gasteiger partial charge is 0.375 e. The predicted octanol–water partition coefficient (Wildman–Crippen LogP) is 2.63. The van der Waals surface area contributed by atoms with Crippen molar-refractivity contribution in [2.45, 2.75) is 20.3 Å². The summed E-state index contributed by atoms with van der Waals surface area (Å²) in [6, 6.07) is 8.28. The van der Waals surface area contributed by atoms with Crippen LogP contribution in [0.4, 0.5) is 5.69 Å². The standard InChI is InChI=1S/C16H18N4O/c1-10-4-3-5-11(2)15(10)20-16(18)13(8-17)12-6-7-21-9-14(12)19-20/h3-5,12-13,18H,6-7,9H2,1-2H3. The molecule has 0 radical (unpaired) electrons. The molecule has 1 fully saturated rings. The molecule has 5 nitrogen and oxygen atoms in total. The van der Waals surface area contributed by atoms with Gasteiger partial charge in [-0.2, -0.15) is 10.4 Å². The Morgan fingerprint density at radius 3 is 2.76 bits per heavy atom. The summed E-state index contributed by atoms with van der Waals surface area (Å²) in [5.74, 6) is -0.150. The lowest BCUT2D eigenvalue weighted by Crippen LogP contribution is -2.47. The molecule has 0 aromatic heterocycles. The molecule has 0 aliphatic carbocycles. The van der Waals surface area contributed by atoms with Crippen molar-refractivity contribution >= 4 is 17.2 Å². The van der Waals surface area contributed by atoms with Crippen LogP contribution in [0.25, 0.3) is 0 Å². The van der Waals surface area contributed by atoms with Gasteiger partial charge in [0.1, 0.15) is 11.8 Å². The Morgan fingerprint density at radius 2 is 2.10 bits per heavy atom. The highest BCUT2D eigenvalue weighted by Gasteiger charge is 2.39. The van der Waals surface area contributed by atoms with Crippen LogP contribution in [-0.4, -0.2) is 24.8 Å². The highest BCUT2D eigenvalue weighted by molar-refractivity contribution is 6.08. The summed E-state index contributed by atoms with van der Waals surface area (Å²) in [4.78, 5) is 0. The minimum atomic E-state index is -0.444. The summed E-state index contributed by atoms with van der Waals surface area (Å²) in [6.07, 6.45) is 0.764. The quantitative estimate of drug-likeness (QED) is 0.860. The fourth-order valence-corrected chi connectivity index (χ4v) is 3.09. The van der Waals surface area contributed by atoms with E-state index in [4.69, 9.17) is 10.1 Å². The van der Waals surface area contributed by atoms with E-state index in [0.717, 1.165) is 28.9 Å². The molecule has 1 saturated heterocycles. The van der Waals surface area contributed by atoms with Gasteiger partial charge >= 0.3 is 0 Å². The highest BCUT2D eigenvalue weighted by atomic mass is 16.5. The summed E-state index contributed by atoms with van der Waals surface area (Å²) in [5, 5.41) is 24.2. The van der Waals surface area contributed by atoms with Gasteiger partial charge in [0, 0.05) is 12.5 Å². The van der Waals surface area contributed by atoms with Crippen LogP contribution in [0, 0.1) is 42.4 Å². The molecule has 2 atom stereocenters. The second-order valence-electron chi connectivity index (χ2n) is 5.58. The molecule has 2 aliphatic rings. The molecule has 5 heteroatoms. The number of fused-ring (bicyclic) bond motifs is 1. The van der Waals surface area contributed by atoms with Crippen molar-refractivity contribution in [3.8, 4) is 6.07 Å². The van der Waals surface area contributed by atoms with Crippen LogP contribution < -0.4 is 5.01 Å². The van der Waals surface area contributed by atoms with E-state index in [1.807, 2.05) is 32.0 Å².